The van der Waals surface area contributed by atoms with E-state index in [0.29, 0.717) is 17.4 Å². The van der Waals surface area contributed by atoms with Gasteiger partial charge in [-0.2, -0.15) is 0 Å². The van der Waals surface area contributed by atoms with Gasteiger partial charge in [-0.05, 0) is 60.9 Å². The summed E-state index contributed by atoms with van der Waals surface area (Å²) >= 11 is 1.28. The van der Waals surface area contributed by atoms with Crippen molar-refractivity contribution in [2.24, 2.45) is 5.73 Å². The van der Waals surface area contributed by atoms with Crippen molar-refractivity contribution in [1.29, 1.82) is 0 Å². The zero-order valence-corrected chi connectivity index (χ0v) is 22.6. The molecule has 10 heteroatoms. The second-order valence-corrected chi connectivity index (χ2v) is 12.2. The van der Waals surface area contributed by atoms with Gasteiger partial charge in [0.2, 0.25) is 5.91 Å². The molecule has 4 aromatic rings. The number of hydrogen-bond donors (Lipinski definition) is 3. The molecular weight excluding hydrogens is 520 g/mol. The largest absolute Gasteiger partial charge is 0.343 e. The highest BCUT2D eigenvalue weighted by Gasteiger charge is 2.20. The van der Waals surface area contributed by atoms with Crippen LogP contribution in [0.15, 0.2) is 83.1 Å². The molecular formula is C28H28N4O4S2. The second kappa shape index (κ2) is 11.7. The maximum absolute atomic E-state index is 12.5. The third kappa shape index (κ3) is 6.34. The summed E-state index contributed by atoms with van der Waals surface area (Å²) in [6.07, 6.45) is 0. The van der Waals surface area contributed by atoms with Crippen LogP contribution in [0, 0.1) is 0 Å². The van der Waals surface area contributed by atoms with Gasteiger partial charge in [-0.1, -0.05) is 42.5 Å². The smallest absolute Gasteiger partial charge is 0.251 e. The van der Waals surface area contributed by atoms with E-state index < -0.39 is 26.9 Å². The van der Waals surface area contributed by atoms with Crippen LogP contribution in [-0.4, -0.2) is 37.0 Å². The average molecular weight is 549 g/mol. The molecule has 0 bridgehead atoms. The van der Waals surface area contributed by atoms with E-state index >= 15 is 0 Å². The van der Waals surface area contributed by atoms with E-state index in [1.807, 2.05) is 47.8 Å². The summed E-state index contributed by atoms with van der Waals surface area (Å²) in [6, 6.07) is 21.8. The first-order valence-electron chi connectivity index (χ1n) is 11.9. The van der Waals surface area contributed by atoms with E-state index in [2.05, 4.69) is 21.7 Å². The van der Waals surface area contributed by atoms with Gasteiger partial charge in [-0.25, -0.2) is 13.4 Å². The molecule has 0 spiro atoms. The normalized spacial score (nSPS) is 11.4. The van der Waals surface area contributed by atoms with Crippen molar-refractivity contribution >= 4 is 38.1 Å². The fourth-order valence-corrected chi connectivity index (χ4v) is 5.55. The molecule has 2 amide bonds. The Labute approximate surface area is 225 Å². The van der Waals surface area contributed by atoms with Crippen molar-refractivity contribution < 1.29 is 18.0 Å². The number of anilines is 1. The highest BCUT2D eigenvalue weighted by atomic mass is 32.2. The molecule has 8 nitrogen and oxygen atoms in total. The molecule has 0 aliphatic rings. The van der Waals surface area contributed by atoms with Crippen molar-refractivity contribution in [2.45, 2.75) is 30.5 Å². The lowest BCUT2D eigenvalue weighted by atomic mass is 10.0. The summed E-state index contributed by atoms with van der Waals surface area (Å²) in [5.41, 5.74) is 10.7. The molecule has 0 saturated heterocycles. The molecule has 1 aromatic heterocycles. The monoisotopic (exact) mass is 548 g/mol. The molecule has 0 unspecified atom stereocenters. The summed E-state index contributed by atoms with van der Waals surface area (Å²) < 4.78 is 24.8. The van der Waals surface area contributed by atoms with Gasteiger partial charge in [-0.3, -0.25) is 9.59 Å². The summed E-state index contributed by atoms with van der Waals surface area (Å²) in [7, 11) is -3.52. The first kappa shape index (κ1) is 27.2. The zero-order chi connectivity index (χ0) is 27.3. The number of rotatable bonds is 9. The summed E-state index contributed by atoms with van der Waals surface area (Å²) in [5, 5.41) is 6.86. The van der Waals surface area contributed by atoms with Crippen LogP contribution in [0.4, 0.5) is 5.13 Å². The third-order valence-corrected chi connectivity index (χ3v) is 8.77. The molecule has 1 heterocycles. The quantitative estimate of drug-likeness (QED) is 0.283. The minimum atomic E-state index is -3.52. The Morgan fingerprint density at radius 3 is 2.37 bits per heavy atom. The van der Waals surface area contributed by atoms with Crippen LogP contribution >= 0.6 is 11.3 Å². The Bertz CT molecular complexity index is 1580. The van der Waals surface area contributed by atoms with Crippen LogP contribution < -0.4 is 16.4 Å². The number of aromatic nitrogens is 1. The molecule has 0 radical (unpaired) electrons. The van der Waals surface area contributed by atoms with Gasteiger partial charge in [0.1, 0.15) is 0 Å². The van der Waals surface area contributed by atoms with Gasteiger partial charge < -0.3 is 16.4 Å². The van der Waals surface area contributed by atoms with E-state index in [1.165, 1.54) is 35.6 Å². The predicted octanol–water partition coefficient (Wildman–Crippen LogP) is 4.49. The first-order valence-corrected chi connectivity index (χ1v) is 14.4. The van der Waals surface area contributed by atoms with Crippen LogP contribution in [0.3, 0.4) is 0 Å². The lowest BCUT2D eigenvalue weighted by Crippen LogP contribution is -2.33. The van der Waals surface area contributed by atoms with Gasteiger partial charge in [0.15, 0.2) is 15.0 Å². The number of carbonyl (C=O) groups is 2. The lowest BCUT2D eigenvalue weighted by molar-refractivity contribution is -0.115. The number of nitrogens with two attached hydrogens (primary N) is 1. The van der Waals surface area contributed by atoms with Crippen LogP contribution in [0.5, 0.6) is 0 Å². The molecule has 0 aliphatic carbocycles. The number of benzene rings is 3. The van der Waals surface area contributed by atoms with E-state index in [9.17, 15) is 18.0 Å². The van der Waals surface area contributed by atoms with Crippen molar-refractivity contribution in [1.82, 2.24) is 10.3 Å². The van der Waals surface area contributed by atoms with E-state index in [1.54, 1.807) is 13.8 Å². The molecule has 3 aromatic carbocycles. The Hall–Kier alpha value is -3.86. The van der Waals surface area contributed by atoms with Gasteiger partial charge in [-0.15, -0.1) is 11.3 Å². The Kier molecular flexibility index (Phi) is 8.35. The fourth-order valence-electron chi connectivity index (χ4n) is 3.71. The highest BCUT2D eigenvalue weighted by molar-refractivity contribution is 7.92. The molecule has 0 atom stereocenters. The standard InChI is InChI=1S/C28H28N4O4S2/c1-18(2)38(35,36)24-11-5-10-23(14-24)27(34)30-16-26(33)32-28-31-25(17-37-28)22-9-4-8-21(13-22)20-7-3-6-19(12-20)15-29/h3-14,17-18H,15-16,29H2,1-2H3,(H,30,34)(H,31,32,33). The number of nitrogens with one attached hydrogen (secondary N) is 2. The highest BCUT2D eigenvalue weighted by Crippen LogP contribution is 2.29. The Morgan fingerprint density at radius 1 is 0.947 bits per heavy atom. The minimum Gasteiger partial charge on any atom is -0.343 e. The summed E-state index contributed by atoms with van der Waals surface area (Å²) in [5.74, 6) is -0.992. The van der Waals surface area contributed by atoms with Gasteiger partial charge in [0.05, 0.1) is 22.4 Å². The number of nitrogens with zero attached hydrogens (tertiary/aromatic N) is 1. The van der Waals surface area contributed by atoms with E-state index in [4.69, 9.17) is 5.73 Å². The maximum Gasteiger partial charge on any atom is 0.251 e. The van der Waals surface area contributed by atoms with Crippen LogP contribution in [0.25, 0.3) is 22.4 Å². The molecule has 38 heavy (non-hydrogen) atoms. The second-order valence-electron chi connectivity index (χ2n) is 8.88. The number of amides is 2. The maximum atomic E-state index is 12.5. The Morgan fingerprint density at radius 2 is 1.63 bits per heavy atom. The van der Waals surface area contributed by atoms with Crippen molar-refractivity contribution in [3.8, 4) is 22.4 Å². The zero-order valence-electron chi connectivity index (χ0n) is 21.0. The van der Waals surface area contributed by atoms with Gasteiger partial charge in [0.25, 0.3) is 5.91 Å². The van der Waals surface area contributed by atoms with Crippen LogP contribution in [-0.2, 0) is 21.2 Å². The Balaban J connectivity index is 1.38. The van der Waals surface area contributed by atoms with Crippen molar-refractivity contribution in [2.75, 3.05) is 11.9 Å². The summed E-state index contributed by atoms with van der Waals surface area (Å²) in [6.45, 7) is 3.33. The molecule has 196 valence electrons. The number of hydrogen-bond acceptors (Lipinski definition) is 7. The third-order valence-electron chi connectivity index (χ3n) is 5.86. The van der Waals surface area contributed by atoms with Gasteiger partial charge >= 0.3 is 0 Å². The fraction of sp³-hybridized carbons (Fsp3) is 0.179. The topological polar surface area (TPSA) is 131 Å². The van der Waals surface area contributed by atoms with E-state index in [0.717, 1.165) is 22.3 Å². The molecule has 4 rings (SSSR count). The lowest BCUT2D eigenvalue weighted by Gasteiger charge is -2.10. The molecule has 0 aliphatic heterocycles. The van der Waals surface area contributed by atoms with Crippen LogP contribution in [0.1, 0.15) is 29.8 Å². The number of carbonyl (C=O) groups excluding carboxylic acids is 2. The predicted molar refractivity (Wildman–Crippen MR) is 151 cm³/mol. The molecule has 4 N–H and O–H groups in total. The van der Waals surface area contributed by atoms with E-state index in [-0.39, 0.29) is 17.0 Å². The van der Waals surface area contributed by atoms with Crippen LogP contribution in [0.2, 0.25) is 0 Å². The number of thiazole rings is 1. The molecule has 0 fully saturated rings. The van der Waals surface area contributed by atoms with Crippen molar-refractivity contribution in [3.05, 3.63) is 89.3 Å². The van der Waals surface area contributed by atoms with Crippen molar-refractivity contribution in [3.63, 3.8) is 0 Å². The minimum absolute atomic E-state index is 0.0658. The SMILES string of the molecule is CC(C)S(=O)(=O)c1cccc(C(=O)NCC(=O)Nc2nc(-c3cccc(-c4cccc(CN)c4)c3)cs2)c1. The molecule has 0 saturated carbocycles. The first-order chi connectivity index (χ1) is 18.2. The van der Waals surface area contributed by atoms with Gasteiger partial charge in [0, 0.05) is 23.1 Å². The average Bonchev–Trinajstić information content (AvgIpc) is 3.40. The number of sulfone groups is 1. The summed E-state index contributed by atoms with van der Waals surface area (Å²) in [4.78, 5) is 29.5.